The number of nitro benzene ring substituents is 1. The normalized spacial score (nSPS) is 10.4. The highest BCUT2D eigenvalue weighted by atomic mass is 79.9. The van der Waals surface area contributed by atoms with E-state index in [1.54, 1.807) is 25.2 Å². The fourth-order valence-corrected chi connectivity index (χ4v) is 1.86. The van der Waals surface area contributed by atoms with Crippen molar-refractivity contribution >= 4 is 21.6 Å². The van der Waals surface area contributed by atoms with Gasteiger partial charge in [0.05, 0.1) is 10.6 Å². The van der Waals surface area contributed by atoms with Crippen molar-refractivity contribution in [3.05, 3.63) is 44.5 Å². The molecule has 0 atom stereocenters. The van der Waals surface area contributed by atoms with E-state index in [4.69, 9.17) is 4.74 Å². The van der Waals surface area contributed by atoms with Gasteiger partial charge in [0.2, 0.25) is 11.6 Å². The van der Waals surface area contributed by atoms with Crippen LogP contribution >= 0.6 is 15.9 Å². The maximum Gasteiger partial charge on any atom is 0.312 e. The van der Waals surface area contributed by atoms with E-state index in [1.165, 1.54) is 10.7 Å². The van der Waals surface area contributed by atoms with Gasteiger partial charge in [0, 0.05) is 23.7 Å². The first-order chi connectivity index (χ1) is 8.47. The van der Waals surface area contributed by atoms with Gasteiger partial charge in [-0.05, 0) is 19.1 Å². The second kappa shape index (κ2) is 4.77. The number of halogens is 1. The van der Waals surface area contributed by atoms with Gasteiger partial charge in [-0.25, -0.2) is 4.68 Å². The third kappa shape index (κ3) is 2.51. The van der Waals surface area contributed by atoms with Crippen LogP contribution in [-0.2, 0) is 7.05 Å². The van der Waals surface area contributed by atoms with Gasteiger partial charge < -0.3 is 4.74 Å². The molecular weight excluding hydrogens is 302 g/mol. The lowest BCUT2D eigenvalue weighted by molar-refractivity contribution is -0.385. The predicted octanol–water partition coefficient (Wildman–Crippen LogP) is 3.19. The highest BCUT2D eigenvalue weighted by molar-refractivity contribution is 9.10. The molecule has 1 heterocycles. The van der Waals surface area contributed by atoms with Gasteiger partial charge in [-0.3, -0.25) is 10.1 Å². The zero-order chi connectivity index (χ0) is 13.3. The van der Waals surface area contributed by atoms with E-state index in [0.717, 1.165) is 5.69 Å². The summed E-state index contributed by atoms with van der Waals surface area (Å²) in [4.78, 5) is 10.5. The first-order valence-corrected chi connectivity index (χ1v) is 5.89. The largest absolute Gasteiger partial charge is 0.432 e. The van der Waals surface area contributed by atoms with Crippen LogP contribution in [0.25, 0.3) is 0 Å². The Kier molecular flexibility index (Phi) is 3.33. The Labute approximate surface area is 111 Å². The SMILES string of the molecule is Cc1cc(Oc2ccc(Br)cc2[N+](=O)[O-])n(C)n1. The van der Waals surface area contributed by atoms with E-state index in [2.05, 4.69) is 21.0 Å². The maximum atomic E-state index is 10.9. The third-order valence-corrected chi connectivity index (χ3v) is 2.78. The second-order valence-electron chi connectivity index (χ2n) is 3.72. The van der Waals surface area contributed by atoms with Gasteiger partial charge in [-0.2, -0.15) is 5.10 Å². The van der Waals surface area contributed by atoms with Crippen molar-refractivity contribution in [1.82, 2.24) is 9.78 Å². The molecule has 0 aliphatic rings. The molecule has 0 radical (unpaired) electrons. The minimum atomic E-state index is -0.483. The van der Waals surface area contributed by atoms with Crippen LogP contribution in [0.3, 0.4) is 0 Å². The second-order valence-corrected chi connectivity index (χ2v) is 4.63. The van der Waals surface area contributed by atoms with Crippen molar-refractivity contribution < 1.29 is 9.66 Å². The molecule has 1 aromatic heterocycles. The van der Waals surface area contributed by atoms with Crippen LogP contribution in [0.5, 0.6) is 11.6 Å². The molecule has 0 bridgehead atoms. The number of aromatic nitrogens is 2. The zero-order valence-corrected chi connectivity index (χ0v) is 11.3. The van der Waals surface area contributed by atoms with Crippen LogP contribution in [0.1, 0.15) is 5.69 Å². The molecule has 0 amide bonds. The van der Waals surface area contributed by atoms with Gasteiger partial charge in [0.1, 0.15) is 0 Å². The first-order valence-electron chi connectivity index (χ1n) is 5.10. The smallest absolute Gasteiger partial charge is 0.312 e. The van der Waals surface area contributed by atoms with Crippen LogP contribution in [-0.4, -0.2) is 14.7 Å². The summed E-state index contributed by atoms with van der Waals surface area (Å²) in [5.74, 6) is 0.643. The summed E-state index contributed by atoms with van der Waals surface area (Å²) in [6.07, 6.45) is 0. The topological polar surface area (TPSA) is 70.2 Å². The van der Waals surface area contributed by atoms with Gasteiger partial charge in [-0.1, -0.05) is 15.9 Å². The third-order valence-electron chi connectivity index (χ3n) is 2.29. The lowest BCUT2D eigenvalue weighted by Crippen LogP contribution is -1.98. The van der Waals surface area contributed by atoms with Crippen molar-refractivity contribution in [3.63, 3.8) is 0 Å². The lowest BCUT2D eigenvalue weighted by Gasteiger charge is -2.06. The number of rotatable bonds is 3. The van der Waals surface area contributed by atoms with E-state index in [-0.39, 0.29) is 11.4 Å². The molecule has 0 saturated carbocycles. The molecule has 1 aromatic carbocycles. The predicted molar refractivity (Wildman–Crippen MR) is 68.8 cm³/mol. The molecule has 0 N–H and O–H groups in total. The standard InChI is InChI=1S/C11H10BrN3O3/c1-7-5-11(14(2)13-7)18-10-4-3-8(12)6-9(10)15(16)17/h3-6H,1-2H3. The Balaban J connectivity index is 2.40. The molecule has 2 rings (SSSR count). The minimum absolute atomic E-state index is 0.0942. The summed E-state index contributed by atoms with van der Waals surface area (Å²) in [6, 6.07) is 6.35. The van der Waals surface area contributed by atoms with E-state index in [0.29, 0.717) is 10.4 Å². The number of ether oxygens (including phenoxy) is 1. The lowest BCUT2D eigenvalue weighted by atomic mass is 10.3. The van der Waals surface area contributed by atoms with Gasteiger partial charge in [-0.15, -0.1) is 0 Å². The molecule has 0 aliphatic carbocycles. The van der Waals surface area contributed by atoms with Gasteiger partial charge >= 0.3 is 5.69 Å². The molecule has 0 aliphatic heterocycles. The quantitative estimate of drug-likeness (QED) is 0.644. The summed E-state index contributed by atoms with van der Waals surface area (Å²) in [5.41, 5.74) is 0.690. The molecule has 0 fully saturated rings. The zero-order valence-electron chi connectivity index (χ0n) is 9.75. The number of aryl methyl sites for hydroxylation is 2. The molecule has 0 unspecified atom stereocenters. The van der Waals surface area contributed by atoms with E-state index >= 15 is 0 Å². The molecule has 0 spiro atoms. The Bertz CT molecular complexity index is 610. The maximum absolute atomic E-state index is 10.9. The summed E-state index contributed by atoms with van der Waals surface area (Å²) in [5, 5.41) is 15.0. The summed E-state index contributed by atoms with van der Waals surface area (Å²) in [7, 11) is 1.72. The Morgan fingerprint density at radius 3 is 2.72 bits per heavy atom. The Morgan fingerprint density at radius 2 is 2.17 bits per heavy atom. The summed E-state index contributed by atoms with van der Waals surface area (Å²) in [6.45, 7) is 1.82. The number of hydrogen-bond donors (Lipinski definition) is 0. The van der Waals surface area contributed by atoms with Crippen LogP contribution in [0, 0.1) is 17.0 Å². The molecule has 18 heavy (non-hydrogen) atoms. The highest BCUT2D eigenvalue weighted by Gasteiger charge is 2.17. The van der Waals surface area contributed by atoms with Gasteiger partial charge in [0.25, 0.3) is 0 Å². The molecule has 6 nitrogen and oxygen atoms in total. The van der Waals surface area contributed by atoms with Gasteiger partial charge in [0.15, 0.2) is 0 Å². The number of nitrogens with zero attached hydrogens (tertiary/aromatic N) is 3. The first kappa shape index (κ1) is 12.6. The van der Waals surface area contributed by atoms with Crippen LogP contribution in [0.4, 0.5) is 5.69 Å². The summed E-state index contributed by atoms with van der Waals surface area (Å²) < 4.78 is 7.67. The van der Waals surface area contributed by atoms with Crippen molar-refractivity contribution in [1.29, 1.82) is 0 Å². The van der Waals surface area contributed by atoms with E-state index in [9.17, 15) is 10.1 Å². The van der Waals surface area contributed by atoms with Crippen LogP contribution in [0.2, 0.25) is 0 Å². The minimum Gasteiger partial charge on any atom is -0.432 e. The van der Waals surface area contributed by atoms with Crippen molar-refractivity contribution in [2.45, 2.75) is 6.92 Å². The van der Waals surface area contributed by atoms with Crippen LogP contribution < -0.4 is 4.74 Å². The Morgan fingerprint density at radius 1 is 1.44 bits per heavy atom. The molecule has 94 valence electrons. The van der Waals surface area contributed by atoms with Crippen molar-refractivity contribution in [3.8, 4) is 11.6 Å². The number of benzene rings is 1. The van der Waals surface area contributed by atoms with E-state index in [1.807, 2.05) is 6.92 Å². The number of nitro groups is 1. The molecular formula is C11H10BrN3O3. The monoisotopic (exact) mass is 311 g/mol. The highest BCUT2D eigenvalue weighted by Crippen LogP contribution is 2.33. The molecule has 7 heteroatoms. The average molecular weight is 312 g/mol. The van der Waals surface area contributed by atoms with Crippen LogP contribution in [0.15, 0.2) is 28.7 Å². The average Bonchev–Trinajstić information content (AvgIpc) is 2.60. The Hall–Kier alpha value is -1.89. The fourth-order valence-electron chi connectivity index (χ4n) is 1.51. The fraction of sp³-hybridized carbons (Fsp3) is 0.182. The van der Waals surface area contributed by atoms with Crippen molar-refractivity contribution in [2.24, 2.45) is 7.05 Å². The van der Waals surface area contributed by atoms with Crippen molar-refractivity contribution in [2.75, 3.05) is 0 Å². The van der Waals surface area contributed by atoms with E-state index < -0.39 is 4.92 Å². The summed E-state index contributed by atoms with van der Waals surface area (Å²) >= 11 is 3.19. The molecule has 0 saturated heterocycles. The molecule has 2 aromatic rings. The number of hydrogen-bond acceptors (Lipinski definition) is 4.